The van der Waals surface area contributed by atoms with Crippen molar-refractivity contribution in [3.8, 4) is 11.6 Å². The smallest absolute Gasteiger partial charge is 0.354 e. The molecule has 2 aromatic heterocycles. The molecule has 0 aliphatic carbocycles. The summed E-state index contributed by atoms with van der Waals surface area (Å²) in [5, 5.41) is 0.796. The number of nitrogens with two attached hydrogens (primary N) is 2. The van der Waals surface area contributed by atoms with Gasteiger partial charge in [0.15, 0.2) is 0 Å². The number of nitrogens with zero attached hydrogens (tertiary/aromatic N) is 4. The van der Waals surface area contributed by atoms with Crippen LogP contribution in [0.4, 0.5) is 4.79 Å². The van der Waals surface area contributed by atoms with Gasteiger partial charge in [-0.3, -0.25) is 4.57 Å². The molecule has 4 N–H and O–H groups in total. The number of hydrogen-bond acceptors (Lipinski definition) is 6. The van der Waals surface area contributed by atoms with Crippen molar-refractivity contribution in [1.82, 2.24) is 14.5 Å². The monoisotopic (exact) mass is 502 g/mol. The maximum absolute atomic E-state index is 12.7. The predicted molar refractivity (Wildman–Crippen MR) is 147 cm³/mol. The van der Waals surface area contributed by atoms with Gasteiger partial charge in [0.25, 0.3) is 0 Å². The van der Waals surface area contributed by atoms with Crippen LogP contribution in [0.2, 0.25) is 0 Å². The van der Waals surface area contributed by atoms with Crippen LogP contribution in [0, 0.1) is 5.41 Å². The van der Waals surface area contributed by atoms with Crippen molar-refractivity contribution in [2.24, 2.45) is 21.9 Å². The number of fused-ring (bicyclic) bond motifs is 1. The second-order valence-corrected chi connectivity index (χ2v) is 9.50. The van der Waals surface area contributed by atoms with Gasteiger partial charge in [-0.2, -0.15) is 4.99 Å². The molecule has 9 heteroatoms. The standard InChI is InChI=1S/C28H30N6O3.2H2/c1-28(2,3)24(29)15-25(30)33-27(35)34-12-11-20-13-22(9-10-23(20)34)37-26-14-21(31-18-32-26)17-36-16-19-7-5-4-6-8-19;;/h4-15,18H,16-17,29H2,1-3H3,(H2,30,33,35);2*1H/b24-15-;;. The highest BCUT2D eigenvalue weighted by Crippen LogP contribution is 2.26. The molecule has 9 nitrogen and oxygen atoms in total. The van der Waals surface area contributed by atoms with E-state index in [0.717, 1.165) is 10.9 Å². The van der Waals surface area contributed by atoms with Crippen LogP contribution < -0.4 is 16.2 Å². The number of amides is 1. The van der Waals surface area contributed by atoms with Gasteiger partial charge in [-0.1, -0.05) is 51.1 Å². The van der Waals surface area contributed by atoms with Crippen molar-refractivity contribution in [3.05, 3.63) is 96.2 Å². The molecule has 194 valence electrons. The van der Waals surface area contributed by atoms with Gasteiger partial charge in [0.2, 0.25) is 5.88 Å². The molecule has 0 radical (unpaired) electrons. The highest BCUT2D eigenvalue weighted by atomic mass is 16.5. The van der Waals surface area contributed by atoms with E-state index in [2.05, 4.69) is 15.0 Å². The third kappa shape index (κ3) is 6.80. The molecular weight excluding hydrogens is 468 g/mol. The largest absolute Gasteiger partial charge is 0.439 e. The van der Waals surface area contributed by atoms with Crippen LogP contribution in [0.3, 0.4) is 0 Å². The minimum absolute atomic E-state index is 0. The van der Waals surface area contributed by atoms with E-state index < -0.39 is 6.03 Å². The van der Waals surface area contributed by atoms with Crippen molar-refractivity contribution in [3.63, 3.8) is 0 Å². The van der Waals surface area contributed by atoms with Crippen molar-refractivity contribution < 1.29 is 17.1 Å². The molecule has 4 rings (SSSR count). The van der Waals surface area contributed by atoms with Gasteiger partial charge in [0.1, 0.15) is 17.9 Å². The fourth-order valence-electron chi connectivity index (χ4n) is 3.40. The van der Waals surface area contributed by atoms with Crippen LogP contribution in [-0.2, 0) is 18.0 Å². The molecule has 2 aromatic carbocycles. The zero-order valence-corrected chi connectivity index (χ0v) is 21.1. The zero-order chi connectivity index (χ0) is 26.4. The van der Waals surface area contributed by atoms with Crippen molar-refractivity contribution in [2.45, 2.75) is 34.0 Å². The Bertz CT molecular complexity index is 1460. The van der Waals surface area contributed by atoms with Gasteiger partial charge in [0.05, 0.1) is 24.4 Å². The third-order valence-corrected chi connectivity index (χ3v) is 5.54. The summed E-state index contributed by atoms with van der Waals surface area (Å²) in [4.78, 5) is 25.1. The Morgan fingerprint density at radius 3 is 2.59 bits per heavy atom. The van der Waals surface area contributed by atoms with E-state index in [-0.39, 0.29) is 14.1 Å². The van der Waals surface area contributed by atoms with Gasteiger partial charge in [-0.15, -0.1) is 0 Å². The maximum atomic E-state index is 12.7. The number of hydrogen-bond donors (Lipinski definition) is 2. The molecular formula is C28H34N6O3. The molecule has 2 heterocycles. The van der Waals surface area contributed by atoms with Gasteiger partial charge >= 0.3 is 6.03 Å². The molecule has 0 saturated heterocycles. The van der Waals surface area contributed by atoms with E-state index in [4.69, 9.17) is 20.9 Å². The van der Waals surface area contributed by atoms with E-state index in [0.29, 0.717) is 41.8 Å². The van der Waals surface area contributed by atoms with E-state index in [1.807, 2.05) is 57.2 Å². The highest BCUT2D eigenvalue weighted by molar-refractivity contribution is 6.02. The van der Waals surface area contributed by atoms with E-state index in [9.17, 15) is 4.79 Å². The fourth-order valence-corrected chi connectivity index (χ4v) is 3.40. The summed E-state index contributed by atoms with van der Waals surface area (Å²) in [6.07, 6.45) is 4.59. The molecule has 0 fully saturated rings. The third-order valence-electron chi connectivity index (χ3n) is 5.54. The lowest BCUT2D eigenvalue weighted by molar-refractivity contribution is 0.104. The molecule has 0 aliphatic rings. The van der Waals surface area contributed by atoms with E-state index >= 15 is 0 Å². The highest BCUT2D eigenvalue weighted by Gasteiger charge is 2.15. The first-order valence-electron chi connectivity index (χ1n) is 11.8. The SMILES string of the molecule is CC(C)(C)/C(N)=C/C(N)=N/C(=O)n1ccc2cc(Oc3cc(COCc4ccccc4)ncn3)ccc21.[HH].[HH]. The summed E-state index contributed by atoms with van der Waals surface area (Å²) in [6.45, 7) is 6.68. The fraction of sp³-hybridized carbons (Fsp3) is 0.214. The molecule has 0 aliphatic heterocycles. The van der Waals surface area contributed by atoms with Crippen LogP contribution in [-0.4, -0.2) is 26.4 Å². The molecule has 0 saturated carbocycles. The Hall–Kier alpha value is -4.50. The van der Waals surface area contributed by atoms with Gasteiger partial charge < -0.3 is 20.9 Å². The minimum atomic E-state index is -0.518. The summed E-state index contributed by atoms with van der Waals surface area (Å²) < 4.78 is 13.1. The Kier molecular flexibility index (Phi) is 7.64. The molecule has 4 aromatic rings. The number of ether oxygens (including phenoxy) is 2. The summed E-state index contributed by atoms with van der Waals surface area (Å²) in [5.41, 5.74) is 14.7. The summed E-state index contributed by atoms with van der Waals surface area (Å²) in [7, 11) is 0. The van der Waals surface area contributed by atoms with Crippen molar-refractivity contribution in [1.29, 1.82) is 0 Å². The number of benzene rings is 2. The number of rotatable bonds is 7. The predicted octanol–water partition coefficient (Wildman–Crippen LogP) is 5.65. The maximum Gasteiger partial charge on any atom is 0.354 e. The summed E-state index contributed by atoms with van der Waals surface area (Å²) in [5.74, 6) is 1.01. The Balaban J connectivity index is 0.00000267. The van der Waals surface area contributed by atoms with Gasteiger partial charge in [0, 0.05) is 31.6 Å². The normalized spacial score (nSPS) is 12.6. The quantitative estimate of drug-likeness (QED) is 0.247. The van der Waals surface area contributed by atoms with Crippen LogP contribution in [0.1, 0.15) is 34.9 Å². The number of aromatic nitrogens is 3. The molecule has 37 heavy (non-hydrogen) atoms. The van der Waals surface area contributed by atoms with Gasteiger partial charge in [-0.25, -0.2) is 14.8 Å². The number of allylic oxidation sites excluding steroid dienone is 1. The first-order valence-corrected chi connectivity index (χ1v) is 11.8. The molecule has 0 spiro atoms. The lowest BCUT2D eigenvalue weighted by Gasteiger charge is -2.18. The lowest BCUT2D eigenvalue weighted by Crippen LogP contribution is -2.22. The van der Waals surface area contributed by atoms with Crippen molar-refractivity contribution in [2.75, 3.05) is 0 Å². The minimum Gasteiger partial charge on any atom is -0.439 e. The van der Waals surface area contributed by atoms with Crippen molar-refractivity contribution >= 4 is 22.8 Å². The number of carbonyl (C=O) groups excluding carboxylic acids is 1. The first-order chi connectivity index (χ1) is 17.7. The Morgan fingerprint density at radius 2 is 1.84 bits per heavy atom. The lowest BCUT2D eigenvalue weighted by atomic mass is 9.92. The number of aliphatic imine (C=N–C) groups is 1. The number of amidine groups is 1. The average molecular weight is 503 g/mol. The number of carbonyl (C=O) groups is 1. The second kappa shape index (κ2) is 11.0. The van der Waals surface area contributed by atoms with Crippen LogP contribution in [0.5, 0.6) is 11.6 Å². The molecule has 1 amide bonds. The molecule has 0 bridgehead atoms. The average Bonchev–Trinajstić information content (AvgIpc) is 3.28. The van der Waals surface area contributed by atoms with E-state index in [1.54, 1.807) is 30.5 Å². The summed E-state index contributed by atoms with van der Waals surface area (Å²) >= 11 is 0. The molecule has 0 unspecified atom stereocenters. The zero-order valence-electron chi connectivity index (χ0n) is 21.1. The van der Waals surface area contributed by atoms with Gasteiger partial charge in [-0.05, 0) is 35.9 Å². The van der Waals surface area contributed by atoms with Crippen LogP contribution >= 0.6 is 0 Å². The summed E-state index contributed by atoms with van der Waals surface area (Å²) in [6, 6.07) is 18.3. The Labute approximate surface area is 218 Å². The van der Waals surface area contributed by atoms with E-state index in [1.165, 1.54) is 17.0 Å². The Morgan fingerprint density at radius 1 is 1.05 bits per heavy atom. The van der Waals surface area contributed by atoms with Crippen LogP contribution in [0.25, 0.3) is 10.9 Å². The first kappa shape index (κ1) is 25.6. The second-order valence-electron chi connectivity index (χ2n) is 9.50. The van der Waals surface area contributed by atoms with Crippen LogP contribution in [0.15, 0.2) is 90.0 Å². The topological polar surface area (TPSA) is 131 Å². The molecule has 0 atom stereocenters.